The molecule has 0 aromatic heterocycles. The molecule has 1 heterocycles. The van der Waals surface area contributed by atoms with E-state index in [2.05, 4.69) is 4.90 Å². The largest absolute Gasteiger partial charge is 0.497 e. The Bertz CT molecular complexity index is 1380. The summed E-state index contributed by atoms with van der Waals surface area (Å²) in [6.45, 7) is 3.98. The van der Waals surface area contributed by atoms with Crippen molar-refractivity contribution in [1.29, 1.82) is 0 Å². The van der Waals surface area contributed by atoms with E-state index >= 15 is 0 Å². The predicted octanol–water partition coefficient (Wildman–Crippen LogP) is 4.21. The second-order valence-electron chi connectivity index (χ2n) is 9.07. The number of hydrogen-bond donors (Lipinski definition) is 0. The molecule has 202 valence electrons. The Morgan fingerprint density at radius 3 is 2.32 bits per heavy atom. The van der Waals surface area contributed by atoms with E-state index in [0.717, 1.165) is 16.8 Å². The number of methoxy groups -OCH3 is 2. The zero-order chi connectivity index (χ0) is 27.3. The number of halogens is 1. The molecule has 1 saturated heterocycles. The smallest absolute Gasteiger partial charge is 0.247 e. The van der Waals surface area contributed by atoms with E-state index in [1.807, 2.05) is 55.5 Å². The lowest BCUT2D eigenvalue weighted by Gasteiger charge is -2.37. The van der Waals surface area contributed by atoms with Crippen molar-refractivity contribution in [3.05, 3.63) is 82.9 Å². The number of aryl methyl sites for hydroxylation is 1. The summed E-state index contributed by atoms with van der Waals surface area (Å²) in [6, 6.07) is 19.6. The number of anilines is 1. The van der Waals surface area contributed by atoms with Gasteiger partial charge in [-0.3, -0.25) is 4.79 Å². The highest BCUT2D eigenvalue weighted by atomic mass is 35.5. The van der Waals surface area contributed by atoms with Gasteiger partial charge in [-0.1, -0.05) is 48.0 Å². The van der Waals surface area contributed by atoms with E-state index in [4.69, 9.17) is 21.1 Å². The Labute approximate surface area is 229 Å². The maximum atomic E-state index is 13.9. The van der Waals surface area contributed by atoms with Crippen LogP contribution in [0.25, 0.3) is 0 Å². The zero-order valence-corrected chi connectivity index (χ0v) is 23.3. The monoisotopic (exact) mass is 557 g/mol. The lowest BCUT2D eigenvalue weighted by molar-refractivity contribution is -0.131. The number of piperazine rings is 1. The quantitative estimate of drug-likeness (QED) is 0.392. The third kappa shape index (κ3) is 6.23. The van der Waals surface area contributed by atoms with Gasteiger partial charge in [-0.15, -0.1) is 0 Å². The maximum absolute atomic E-state index is 13.9. The zero-order valence-electron chi connectivity index (χ0n) is 21.8. The fourth-order valence-corrected chi connectivity index (χ4v) is 6.22. The number of nitrogens with zero attached hydrogens (tertiary/aromatic N) is 3. The fourth-order valence-electron chi connectivity index (χ4n) is 4.51. The van der Waals surface area contributed by atoms with Gasteiger partial charge in [-0.2, -0.15) is 4.31 Å². The average Bonchev–Trinajstić information content (AvgIpc) is 2.94. The molecule has 38 heavy (non-hydrogen) atoms. The third-order valence-corrected chi connectivity index (χ3v) is 8.69. The van der Waals surface area contributed by atoms with Crippen LogP contribution in [0.5, 0.6) is 11.5 Å². The molecule has 0 unspecified atom stereocenters. The van der Waals surface area contributed by atoms with Gasteiger partial charge in [0.05, 0.1) is 20.8 Å². The molecule has 0 bridgehead atoms. The highest BCUT2D eigenvalue weighted by Gasteiger charge is 2.32. The van der Waals surface area contributed by atoms with Crippen LogP contribution in [-0.4, -0.2) is 70.5 Å². The van der Waals surface area contributed by atoms with Gasteiger partial charge in [0, 0.05) is 49.5 Å². The van der Waals surface area contributed by atoms with E-state index < -0.39 is 10.0 Å². The number of sulfonamides is 1. The van der Waals surface area contributed by atoms with E-state index in [0.29, 0.717) is 37.0 Å². The van der Waals surface area contributed by atoms with E-state index in [-0.39, 0.29) is 29.6 Å². The topological polar surface area (TPSA) is 79.4 Å². The van der Waals surface area contributed by atoms with Gasteiger partial charge in [0.2, 0.25) is 15.9 Å². The summed E-state index contributed by atoms with van der Waals surface area (Å²) >= 11 is 6.20. The molecule has 3 aromatic rings. The van der Waals surface area contributed by atoms with E-state index in [1.54, 1.807) is 17.0 Å². The van der Waals surface area contributed by atoms with Crippen molar-refractivity contribution in [3.63, 3.8) is 0 Å². The third-order valence-electron chi connectivity index (χ3n) is 6.65. The van der Waals surface area contributed by atoms with Gasteiger partial charge in [0.1, 0.15) is 16.4 Å². The van der Waals surface area contributed by atoms with Crippen LogP contribution in [0.4, 0.5) is 5.69 Å². The van der Waals surface area contributed by atoms with Crippen LogP contribution in [0.3, 0.4) is 0 Å². The summed E-state index contributed by atoms with van der Waals surface area (Å²) in [5.41, 5.74) is 2.93. The molecule has 0 saturated carbocycles. The first-order valence-corrected chi connectivity index (χ1v) is 14.1. The molecule has 3 aromatic carbocycles. The van der Waals surface area contributed by atoms with Crippen molar-refractivity contribution < 1.29 is 22.7 Å². The van der Waals surface area contributed by atoms with Gasteiger partial charge in [0.25, 0.3) is 0 Å². The minimum atomic E-state index is -4.12. The summed E-state index contributed by atoms with van der Waals surface area (Å²) in [4.78, 5) is 17.3. The lowest BCUT2D eigenvalue weighted by Crippen LogP contribution is -2.52. The van der Waals surface area contributed by atoms with Crippen LogP contribution in [0.15, 0.2) is 71.6 Å². The summed E-state index contributed by atoms with van der Waals surface area (Å²) in [5, 5.41) is 0.666. The first-order chi connectivity index (χ1) is 18.2. The normalized spacial score (nSPS) is 14.0. The van der Waals surface area contributed by atoms with Crippen molar-refractivity contribution in [2.75, 3.05) is 51.8 Å². The standard InChI is InChI=1S/C28H32ClN3O5S/c1-21-9-10-23(29)17-25(21)30-13-15-31(16-14-30)28(33)20-32(19-22-7-5-4-6-8-22)38(34,35)27-18-24(36-2)11-12-26(27)37-3/h4-12,17-18H,13-16,19-20H2,1-3H3. The summed E-state index contributed by atoms with van der Waals surface area (Å²) in [7, 11) is -1.24. The molecule has 0 aliphatic carbocycles. The van der Waals surface area contributed by atoms with Crippen LogP contribution in [0.1, 0.15) is 11.1 Å². The van der Waals surface area contributed by atoms with Crippen molar-refractivity contribution >= 4 is 33.2 Å². The molecule has 1 amide bonds. The van der Waals surface area contributed by atoms with Gasteiger partial charge >= 0.3 is 0 Å². The number of carbonyl (C=O) groups excluding carboxylic acids is 1. The molecule has 0 N–H and O–H groups in total. The highest BCUT2D eigenvalue weighted by molar-refractivity contribution is 7.89. The first-order valence-electron chi connectivity index (χ1n) is 12.3. The van der Waals surface area contributed by atoms with Crippen LogP contribution < -0.4 is 14.4 Å². The van der Waals surface area contributed by atoms with Crippen LogP contribution >= 0.6 is 11.6 Å². The molecule has 10 heteroatoms. The van der Waals surface area contributed by atoms with Crippen LogP contribution in [-0.2, 0) is 21.4 Å². The van der Waals surface area contributed by atoms with E-state index in [1.165, 1.54) is 24.6 Å². The SMILES string of the molecule is COc1ccc(OC)c(S(=O)(=O)N(CC(=O)N2CCN(c3cc(Cl)ccc3C)CC2)Cc2ccccc2)c1. The number of benzene rings is 3. The van der Waals surface area contributed by atoms with Gasteiger partial charge in [-0.25, -0.2) is 8.42 Å². The molecule has 1 aliphatic heterocycles. The van der Waals surface area contributed by atoms with Crippen molar-refractivity contribution in [3.8, 4) is 11.5 Å². The van der Waals surface area contributed by atoms with Crippen LogP contribution in [0, 0.1) is 6.92 Å². The molecule has 0 radical (unpaired) electrons. The summed E-state index contributed by atoms with van der Waals surface area (Å²) in [5.74, 6) is 0.304. The first kappa shape index (κ1) is 27.8. The van der Waals surface area contributed by atoms with Crippen molar-refractivity contribution in [2.24, 2.45) is 0 Å². The van der Waals surface area contributed by atoms with Crippen molar-refractivity contribution in [1.82, 2.24) is 9.21 Å². The number of ether oxygens (including phenoxy) is 2. The Hall–Kier alpha value is -3.27. The fraction of sp³-hybridized carbons (Fsp3) is 0.321. The Morgan fingerprint density at radius 2 is 1.66 bits per heavy atom. The molecular formula is C28H32ClN3O5S. The second kappa shape index (κ2) is 12.1. The maximum Gasteiger partial charge on any atom is 0.247 e. The average molecular weight is 558 g/mol. The van der Waals surface area contributed by atoms with Crippen LogP contribution in [0.2, 0.25) is 5.02 Å². The Morgan fingerprint density at radius 1 is 0.947 bits per heavy atom. The molecule has 1 fully saturated rings. The van der Waals surface area contributed by atoms with Gasteiger partial charge in [-0.05, 0) is 42.3 Å². The Kier molecular flexibility index (Phi) is 8.81. The van der Waals surface area contributed by atoms with Gasteiger partial charge in [0.15, 0.2) is 0 Å². The number of rotatable bonds is 9. The Balaban J connectivity index is 1.56. The molecule has 4 rings (SSSR count). The summed E-state index contributed by atoms with van der Waals surface area (Å²) in [6.07, 6.45) is 0. The second-order valence-corrected chi connectivity index (χ2v) is 11.4. The predicted molar refractivity (Wildman–Crippen MR) is 149 cm³/mol. The molecule has 8 nitrogen and oxygen atoms in total. The molecule has 0 atom stereocenters. The highest BCUT2D eigenvalue weighted by Crippen LogP contribution is 2.31. The lowest BCUT2D eigenvalue weighted by atomic mass is 10.1. The van der Waals surface area contributed by atoms with E-state index in [9.17, 15) is 13.2 Å². The number of carbonyl (C=O) groups is 1. The van der Waals surface area contributed by atoms with Gasteiger partial charge < -0.3 is 19.3 Å². The van der Waals surface area contributed by atoms with Crippen molar-refractivity contribution in [2.45, 2.75) is 18.4 Å². The minimum absolute atomic E-state index is 0.0386. The molecular weight excluding hydrogens is 526 g/mol. The number of hydrogen-bond acceptors (Lipinski definition) is 6. The molecule has 0 spiro atoms. The number of amides is 1. The summed E-state index contributed by atoms with van der Waals surface area (Å²) < 4.78 is 39.6. The molecule has 1 aliphatic rings. The minimum Gasteiger partial charge on any atom is -0.497 e.